The topological polar surface area (TPSA) is 93.4 Å². The lowest BCUT2D eigenvalue weighted by atomic mass is 10.2. The summed E-state index contributed by atoms with van der Waals surface area (Å²) < 4.78 is 28.9. The molecule has 0 aliphatic carbocycles. The van der Waals surface area contributed by atoms with Crippen molar-refractivity contribution < 1.29 is 17.6 Å². The predicted octanol–water partition coefficient (Wildman–Crippen LogP) is 1.91. The fourth-order valence-electron chi connectivity index (χ4n) is 2.09. The minimum atomic E-state index is -3.47. The number of amides is 1. The summed E-state index contributed by atoms with van der Waals surface area (Å²) in [5.74, 6) is 0.140. The van der Waals surface area contributed by atoms with E-state index in [-0.39, 0.29) is 18.5 Å². The van der Waals surface area contributed by atoms with Crippen molar-refractivity contribution in [2.75, 3.05) is 6.26 Å². The van der Waals surface area contributed by atoms with Crippen LogP contribution in [0.2, 0.25) is 0 Å². The Balaban J connectivity index is 2.20. The first kappa shape index (κ1) is 18.1. The molecule has 7 nitrogen and oxygen atoms in total. The van der Waals surface area contributed by atoms with Crippen LogP contribution in [0.25, 0.3) is 11.5 Å². The van der Waals surface area contributed by atoms with Crippen LogP contribution in [0.5, 0.6) is 0 Å². The number of sulfone groups is 1. The van der Waals surface area contributed by atoms with Crippen LogP contribution in [0.4, 0.5) is 0 Å². The van der Waals surface area contributed by atoms with Gasteiger partial charge in [0.15, 0.2) is 9.84 Å². The maximum Gasteiger partial charge on any atom is 0.247 e. The zero-order chi connectivity index (χ0) is 17.9. The third-order valence-corrected chi connectivity index (χ3v) is 5.18. The van der Waals surface area contributed by atoms with Crippen LogP contribution in [-0.4, -0.2) is 47.0 Å². The zero-order valence-corrected chi connectivity index (χ0v) is 14.9. The number of carbonyl (C=O) groups excluding carboxylic acids is 1. The normalized spacial score (nSPS) is 13.0. The quantitative estimate of drug-likeness (QED) is 0.789. The lowest BCUT2D eigenvalue weighted by Crippen LogP contribution is -2.44. The van der Waals surface area contributed by atoms with Crippen molar-refractivity contribution in [2.24, 2.45) is 0 Å². The van der Waals surface area contributed by atoms with E-state index in [0.717, 1.165) is 11.8 Å². The van der Waals surface area contributed by atoms with Gasteiger partial charge in [0.2, 0.25) is 17.7 Å². The average molecular weight is 351 g/mol. The Hall–Kier alpha value is -2.22. The summed E-state index contributed by atoms with van der Waals surface area (Å²) in [5.41, 5.74) is 0.781. The van der Waals surface area contributed by atoms with Gasteiger partial charge in [-0.1, -0.05) is 18.2 Å². The number of nitrogens with zero attached hydrogens (tertiary/aromatic N) is 3. The van der Waals surface area contributed by atoms with Gasteiger partial charge in [-0.15, -0.1) is 10.2 Å². The number of benzene rings is 1. The zero-order valence-electron chi connectivity index (χ0n) is 14.1. The summed E-state index contributed by atoms with van der Waals surface area (Å²) in [6.07, 6.45) is 1.05. The van der Waals surface area contributed by atoms with Gasteiger partial charge in [-0.05, 0) is 32.9 Å². The third-order valence-electron chi connectivity index (χ3n) is 3.69. The first-order valence-electron chi connectivity index (χ1n) is 7.57. The molecule has 0 bridgehead atoms. The smallest absolute Gasteiger partial charge is 0.247 e. The summed E-state index contributed by atoms with van der Waals surface area (Å²) in [7, 11) is -3.47. The van der Waals surface area contributed by atoms with E-state index in [2.05, 4.69) is 10.2 Å². The van der Waals surface area contributed by atoms with Crippen molar-refractivity contribution in [1.82, 2.24) is 15.1 Å². The molecule has 1 atom stereocenters. The van der Waals surface area contributed by atoms with Crippen molar-refractivity contribution in [1.29, 1.82) is 0 Å². The Labute approximate surface area is 141 Å². The van der Waals surface area contributed by atoms with Gasteiger partial charge in [-0.2, -0.15) is 0 Å². The Morgan fingerprint density at radius 3 is 2.33 bits per heavy atom. The Morgan fingerprint density at radius 2 is 1.79 bits per heavy atom. The molecule has 1 unspecified atom stereocenters. The van der Waals surface area contributed by atoms with Crippen molar-refractivity contribution in [3.63, 3.8) is 0 Å². The van der Waals surface area contributed by atoms with E-state index < -0.39 is 21.0 Å². The molecular weight excluding hydrogens is 330 g/mol. The number of hydrogen-bond donors (Lipinski definition) is 0. The molecule has 0 aliphatic rings. The highest BCUT2D eigenvalue weighted by atomic mass is 32.2. The SMILES string of the molecule is CC(C)N(Cc1nnc(-c2ccccc2)o1)C(=O)C(C)S(C)(=O)=O. The van der Waals surface area contributed by atoms with Crippen LogP contribution in [0.1, 0.15) is 26.7 Å². The van der Waals surface area contributed by atoms with Crippen LogP contribution in [0, 0.1) is 0 Å². The lowest BCUT2D eigenvalue weighted by molar-refractivity contribution is -0.133. The van der Waals surface area contributed by atoms with Crippen LogP contribution in [0.3, 0.4) is 0 Å². The van der Waals surface area contributed by atoms with Crippen LogP contribution in [-0.2, 0) is 21.2 Å². The molecule has 1 aromatic heterocycles. The second-order valence-electron chi connectivity index (χ2n) is 5.90. The molecule has 0 radical (unpaired) electrons. The van der Waals surface area contributed by atoms with Gasteiger partial charge in [0.1, 0.15) is 5.25 Å². The van der Waals surface area contributed by atoms with Gasteiger partial charge in [-0.25, -0.2) is 8.42 Å². The van der Waals surface area contributed by atoms with E-state index in [1.807, 2.05) is 30.3 Å². The number of rotatable bonds is 6. The fourth-order valence-corrected chi connectivity index (χ4v) is 2.59. The van der Waals surface area contributed by atoms with Crippen LogP contribution in [0.15, 0.2) is 34.7 Å². The summed E-state index contributed by atoms with van der Waals surface area (Å²) in [6.45, 7) is 5.06. The molecule has 2 rings (SSSR count). The number of aromatic nitrogens is 2. The molecule has 0 aliphatic heterocycles. The second-order valence-corrected chi connectivity index (χ2v) is 8.26. The Kier molecular flexibility index (Phi) is 5.38. The molecular formula is C16H21N3O4S. The van der Waals surface area contributed by atoms with E-state index in [9.17, 15) is 13.2 Å². The van der Waals surface area contributed by atoms with Crippen molar-refractivity contribution in [3.8, 4) is 11.5 Å². The Morgan fingerprint density at radius 1 is 1.17 bits per heavy atom. The first-order valence-corrected chi connectivity index (χ1v) is 9.52. The summed E-state index contributed by atoms with van der Waals surface area (Å²) >= 11 is 0. The minimum absolute atomic E-state index is 0.0657. The van der Waals surface area contributed by atoms with Crippen molar-refractivity contribution >= 4 is 15.7 Å². The molecule has 1 aromatic carbocycles. The fraction of sp³-hybridized carbons (Fsp3) is 0.438. The highest BCUT2D eigenvalue weighted by Crippen LogP contribution is 2.19. The number of hydrogen-bond acceptors (Lipinski definition) is 6. The first-order chi connectivity index (χ1) is 11.2. The van der Waals surface area contributed by atoms with Gasteiger partial charge < -0.3 is 9.32 Å². The molecule has 0 N–H and O–H groups in total. The van der Waals surface area contributed by atoms with E-state index >= 15 is 0 Å². The molecule has 0 spiro atoms. The molecule has 24 heavy (non-hydrogen) atoms. The van der Waals surface area contributed by atoms with Gasteiger partial charge in [-0.3, -0.25) is 4.79 Å². The molecule has 8 heteroatoms. The lowest BCUT2D eigenvalue weighted by Gasteiger charge is -2.27. The van der Waals surface area contributed by atoms with E-state index in [0.29, 0.717) is 5.89 Å². The maximum atomic E-state index is 12.5. The van der Waals surface area contributed by atoms with Gasteiger partial charge in [0, 0.05) is 17.9 Å². The summed E-state index contributed by atoms with van der Waals surface area (Å²) in [4.78, 5) is 13.9. The molecule has 0 saturated heterocycles. The summed E-state index contributed by atoms with van der Waals surface area (Å²) in [5, 5.41) is 6.82. The van der Waals surface area contributed by atoms with Gasteiger partial charge in [0.05, 0.1) is 6.54 Å². The molecule has 1 amide bonds. The van der Waals surface area contributed by atoms with Gasteiger partial charge >= 0.3 is 0 Å². The second kappa shape index (κ2) is 7.12. The highest BCUT2D eigenvalue weighted by Gasteiger charge is 2.30. The average Bonchev–Trinajstić information content (AvgIpc) is 2.99. The van der Waals surface area contributed by atoms with Crippen molar-refractivity contribution in [2.45, 2.75) is 38.6 Å². The highest BCUT2D eigenvalue weighted by molar-refractivity contribution is 7.92. The van der Waals surface area contributed by atoms with E-state index in [1.165, 1.54) is 11.8 Å². The standard InChI is InChI=1S/C16H21N3O4S/c1-11(2)19(16(20)12(3)24(4,21)22)10-14-17-18-15(23-14)13-8-6-5-7-9-13/h5-9,11-12H,10H2,1-4H3. The van der Waals surface area contributed by atoms with E-state index in [4.69, 9.17) is 4.42 Å². The third kappa shape index (κ3) is 4.19. The van der Waals surface area contributed by atoms with Crippen molar-refractivity contribution in [3.05, 3.63) is 36.2 Å². The predicted molar refractivity (Wildman–Crippen MR) is 89.7 cm³/mol. The molecule has 130 valence electrons. The molecule has 1 heterocycles. The minimum Gasteiger partial charge on any atom is -0.419 e. The largest absolute Gasteiger partial charge is 0.419 e. The molecule has 0 saturated carbocycles. The number of carbonyl (C=O) groups is 1. The monoisotopic (exact) mass is 351 g/mol. The molecule has 2 aromatic rings. The summed E-state index contributed by atoms with van der Waals surface area (Å²) in [6, 6.07) is 9.08. The van der Waals surface area contributed by atoms with Crippen LogP contribution >= 0.6 is 0 Å². The van der Waals surface area contributed by atoms with Crippen LogP contribution < -0.4 is 0 Å². The van der Waals surface area contributed by atoms with Gasteiger partial charge in [0.25, 0.3) is 0 Å². The Bertz CT molecular complexity index is 800. The van der Waals surface area contributed by atoms with E-state index in [1.54, 1.807) is 13.8 Å². The molecule has 0 fully saturated rings. The maximum absolute atomic E-state index is 12.5.